The highest BCUT2D eigenvalue weighted by molar-refractivity contribution is 5.34. The Kier molecular flexibility index (Phi) is 3.40. The van der Waals surface area contributed by atoms with Crippen molar-refractivity contribution in [2.24, 2.45) is 5.92 Å². The number of rotatable bonds is 4. The first-order valence-corrected chi connectivity index (χ1v) is 7.62. The van der Waals surface area contributed by atoms with Crippen LogP contribution >= 0.6 is 0 Å². The molecule has 2 aliphatic rings. The van der Waals surface area contributed by atoms with Crippen LogP contribution < -0.4 is 0 Å². The summed E-state index contributed by atoms with van der Waals surface area (Å²) in [5.74, 6) is 0.468. The molecule has 0 amide bonds. The average molecular weight is 259 g/mol. The lowest BCUT2D eigenvalue weighted by molar-refractivity contribution is -0.0159. The fraction of sp³-hybridized carbons (Fsp3) is 0.647. The number of benzene rings is 1. The van der Waals surface area contributed by atoms with E-state index < -0.39 is 5.60 Å². The molecule has 1 aliphatic carbocycles. The van der Waals surface area contributed by atoms with Crippen molar-refractivity contribution in [3.8, 4) is 0 Å². The smallest absolute Gasteiger partial charge is 0.105 e. The maximum absolute atomic E-state index is 11.3. The van der Waals surface area contributed by atoms with E-state index in [9.17, 15) is 5.11 Å². The van der Waals surface area contributed by atoms with Gasteiger partial charge in [-0.3, -0.25) is 0 Å². The van der Waals surface area contributed by atoms with Crippen molar-refractivity contribution in [1.29, 1.82) is 0 Å². The molecule has 1 N–H and O–H groups in total. The molecule has 0 aromatic heterocycles. The number of hydrogen-bond acceptors (Lipinski definition) is 2. The molecule has 2 nitrogen and oxygen atoms in total. The van der Waals surface area contributed by atoms with E-state index in [0.717, 1.165) is 25.2 Å². The van der Waals surface area contributed by atoms with Crippen LogP contribution in [0.5, 0.6) is 0 Å². The van der Waals surface area contributed by atoms with E-state index in [2.05, 4.69) is 36.9 Å². The molecule has 1 heterocycles. The van der Waals surface area contributed by atoms with E-state index in [4.69, 9.17) is 0 Å². The molecule has 1 unspecified atom stereocenters. The first-order valence-electron chi connectivity index (χ1n) is 7.62. The molecule has 1 aliphatic heterocycles. The second-order valence-electron chi connectivity index (χ2n) is 6.48. The highest BCUT2D eigenvalue weighted by Gasteiger charge is 2.46. The molecule has 104 valence electrons. The van der Waals surface area contributed by atoms with Gasteiger partial charge in [-0.05, 0) is 75.2 Å². The number of hydrogen-bond donors (Lipinski definition) is 1. The third kappa shape index (κ3) is 2.56. The lowest BCUT2D eigenvalue weighted by atomic mass is 9.86. The monoisotopic (exact) mass is 259 g/mol. The van der Waals surface area contributed by atoms with Gasteiger partial charge in [-0.1, -0.05) is 18.2 Å². The maximum Gasteiger partial charge on any atom is 0.105 e. The van der Waals surface area contributed by atoms with E-state index in [-0.39, 0.29) is 0 Å². The van der Waals surface area contributed by atoms with Crippen molar-refractivity contribution in [2.75, 3.05) is 19.6 Å². The Morgan fingerprint density at radius 2 is 1.84 bits per heavy atom. The minimum absolute atomic E-state index is 0.468. The maximum atomic E-state index is 11.3. The highest BCUT2D eigenvalue weighted by atomic mass is 16.3. The molecule has 0 bridgehead atoms. The summed E-state index contributed by atoms with van der Waals surface area (Å²) >= 11 is 0. The Hall–Kier alpha value is -0.860. The molecular formula is C17H25NO. The molecule has 19 heavy (non-hydrogen) atoms. The summed E-state index contributed by atoms with van der Waals surface area (Å²) in [5.41, 5.74) is 3.11. The molecular weight excluding hydrogens is 234 g/mol. The number of aryl methyl sites for hydroxylation is 2. The van der Waals surface area contributed by atoms with Gasteiger partial charge in [0.1, 0.15) is 5.60 Å². The van der Waals surface area contributed by atoms with Gasteiger partial charge in [-0.15, -0.1) is 0 Å². The van der Waals surface area contributed by atoms with Gasteiger partial charge in [0.2, 0.25) is 0 Å². The molecule has 0 spiro atoms. The number of β-amino-alcohol motifs (C(OH)–C–C–N with tert-alkyl or cyclic N) is 1. The Morgan fingerprint density at radius 1 is 1.16 bits per heavy atom. The van der Waals surface area contributed by atoms with E-state index in [1.54, 1.807) is 0 Å². The van der Waals surface area contributed by atoms with Crippen LogP contribution in [-0.2, 0) is 5.60 Å². The van der Waals surface area contributed by atoms with Gasteiger partial charge in [-0.2, -0.15) is 0 Å². The van der Waals surface area contributed by atoms with Crippen LogP contribution in [0.2, 0.25) is 0 Å². The van der Waals surface area contributed by atoms with Crippen molar-refractivity contribution in [3.05, 3.63) is 34.9 Å². The van der Waals surface area contributed by atoms with Gasteiger partial charge < -0.3 is 10.0 Å². The Labute approximate surface area is 116 Å². The second kappa shape index (κ2) is 4.92. The zero-order valence-corrected chi connectivity index (χ0v) is 12.2. The number of likely N-dealkylation sites (tertiary alicyclic amines) is 1. The summed E-state index contributed by atoms with van der Waals surface area (Å²) in [5, 5.41) is 11.3. The highest BCUT2D eigenvalue weighted by Crippen LogP contribution is 2.46. The third-order valence-corrected chi connectivity index (χ3v) is 4.92. The second-order valence-corrected chi connectivity index (χ2v) is 6.48. The van der Waals surface area contributed by atoms with Crippen LogP contribution in [0, 0.1) is 19.8 Å². The summed E-state index contributed by atoms with van der Waals surface area (Å²) in [7, 11) is 0. The molecule has 3 rings (SSSR count). The fourth-order valence-electron chi connectivity index (χ4n) is 3.31. The normalized spacial score (nSPS) is 23.5. The minimum Gasteiger partial charge on any atom is -0.384 e. The van der Waals surface area contributed by atoms with Gasteiger partial charge >= 0.3 is 0 Å². The summed E-state index contributed by atoms with van der Waals surface area (Å²) in [6.07, 6.45) is 4.93. The molecule has 1 saturated heterocycles. The van der Waals surface area contributed by atoms with Crippen LogP contribution in [-0.4, -0.2) is 29.6 Å². The predicted octanol–water partition coefficient (Wildman–Crippen LogP) is 3.00. The van der Waals surface area contributed by atoms with Crippen molar-refractivity contribution >= 4 is 0 Å². The Bertz CT molecular complexity index is 460. The molecule has 2 fully saturated rings. The lowest BCUT2D eigenvalue weighted by Gasteiger charge is -2.33. The van der Waals surface area contributed by atoms with Crippen molar-refractivity contribution in [2.45, 2.75) is 45.1 Å². The van der Waals surface area contributed by atoms with Crippen LogP contribution in [0.25, 0.3) is 0 Å². The topological polar surface area (TPSA) is 23.5 Å². The average Bonchev–Trinajstić information content (AvgIpc) is 3.13. The molecule has 1 aromatic rings. The summed E-state index contributed by atoms with van der Waals surface area (Å²) in [6, 6.07) is 6.49. The van der Waals surface area contributed by atoms with E-state index >= 15 is 0 Å². The quantitative estimate of drug-likeness (QED) is 0.898. The first-order chi connectivity index (χ1) is 9.09. The first kappa shape index (κ1) is 13.1. The van der Waals surface area contributed by atoms with E-state index in [1.807, 2.05) is 0 Å². The minimum atomic E-state index is -0.622. The third-order valence-electron chi connectivity index (χ3n) is 4.92. The Balaban J connectivity index is 1.87. The van der Waals surface area contributed by atoms with Gasteiger partial charge in [0, 0.05) is 6.54 Å². The molecule has 1 atom stereocenters. The predicted molar refractivity (Wildman–Crippen MR) is 78.2 cm³/mol. The molecule has 1 aromatic carbocycles. The van der Waals surface area contributed by atoms with Crippen LogP contribution in [0.4, 0.5) is 0 Å². The fourth-order valence-corrected chi connectivity index (χ4v) is 3.31. The summed E-state index contributed by atoms with van der Waals surface area (Å²) < 4.78 is 0. The standard InChI is InChI=1S/C17H25NO/c1-13-5-6-16(11-14(13)2)17(19,15-7-8-15)12-18-9-3-4-10-18/h5-6,11,15,19H,3-4,7-10,12H2,1-2H3. The summed E-state index contributed by atoms with van der Waals surface area (Å²) in [4.78, 5) is 2.44. The van der Waals surface area contributed by atoms with Gasteiger partial charge in [-0.25, -0.2) is 0 Å². The van der Waals surface area contributed by atoms with Crippen LogP contribution in [0.3, 0.4) is 0 Å². The molecule has 2 heteroatoms. The van der Waals surface area contributed by atoms with Gasteiger partial charge in [0.05, 0.1) is 0 Å². The number of nitrogens with zero attached hydrogens (tertiary/aromatic N) is 1. The number of aliphatic hydroxyl groups is 1. The molecule has 0 radical (unpaired) electrons. The SMILES string of the molecule is Cc1ccc(C(O)(CN2CCCC2)C2CC2)cc1C. The van der Waals surface area contributed by atoms with Crippen molar-refractivity contribution in [3.63, 3.8) is 0 Å². The van der Waals surface area contributed by atoms with Crippen LogP contribution in [0.1, 0.15) is 42.4 Å². The zero-order valence-electron chi connectivity index (χ0n) is 12.2. The lowest BCUT2D eigenvalue weighted by Crippen LogP contribution is -2.41. The van der Waals surface area contributed by atoms with E-state index in [1.165, 1.54) is 36.8 Å². The van der Waals surface area contributed by atoms with Crippen molar-refractivity contribution < 1.29 is 5.11 Å². The van der Waals surface area contributed by atoms with Gasteiger partial charge in [0.25, 0.3) is 0 Å². The van der Waals surface area contributed by atoms with Gasteiger partial charge in [0.15, 0.2) is 0 Å². The molecule has 1 saturated carbocycles. The van der Waals surface area contributed by atoms with E-state index in [0.29, 0.717) is 5.92 Å². The Morgan fingerprint density at radius 3 is 2.42 bits per heavy atom. The largest absolute Gasteiger partial charge is 0.384 e. The summed E-state index contributed by atoms with van der Waals surface area (Å²) in [6.45, 7) is 7.40. The zero-order chi connectivity index (χ0) is 13.5. The van der Waals surface area contributed by atoms with Crippen molar-refractivity contribution in [1.82, 2.24) is 4.90 Å². The van der Waals surface area contributed by atoms with Crippen LogP contribution in [0.15, 0.2) is 18.2 Å².